The fourth-order valence-corrected chi connectivity index (χ4v) is 2.33. The molecule has 1 aromatic rings. The Kier molecular flexibility index (Phi) is 4.74. The third-order valence-corrected chi connectivity index (χ3v) is 3.31. The summed E-state index contributed by atoms with van der Waals surface area (Å²) < 4.78 is 23.5. The van der Waals surface area contributed by atoms with Crippen molar-refractivity contribution in [2.45, 2.75) is 18.9 Å². The Morgan fingerprint density at radius 3 is 3.00 bits per heavy atom. The maximum atomic E-state index is 13.3. The van der Waals surface area contributed by atoms with E-state index in [1.54, 1.807) is 18.2 Å². The van der Waals surface area contributed by atoms with E-state index < -0.39 is 0 Å². The van der Waals surface area contributed by atoms with E-state index in [-0.39, 0.29) is 23.6 Å². The van der Waals surface area contributed by atoms with Gasteiger partial charge in [0.25, 0.3) is 0 Å². The van der Waals surface area contributed by atoms with Crippen molar-refractivity contribution in [3.8, 4) is 5.75 Å². The number of hydrogen-bond donors (Lipinski definition) is 0. The number of nitrogens with zero attached hydrogens (tertiary/aromatic N) is 1. The summed E-state index contributed by atoms with van der Waals surface area (Å²) in [5.74, 6) is -0.326. The number of ether oxygens (including phenoxy) is 2. The molecule has 1 aromatic carbocycles. The van der Waals surface area contributed by atoms with Crippen LogP contribution in [0.4, 0.5) is 4.39 Å². The molecule has 0 aromatic heterocycles. The van der Waals surface area contributed by atoms with Gasteiger partial charge < -0.3 is 9.47 Å². The molecule has 0 amide bonds. The predicted octanol–water partition coefficient (Wildman–Crippen LogP) is 1.84. The maximum absolute atomic E-state index is 13.3. The smallest absolute Gasteiger partial charge is 0.323 e. The first-order valence-electron chi connectivity index (χ1n) is 6.41. The van der Waals surface area contributed by atoms with Crippen molar-refractivity contribution in [1.82, 2.24) is 4.90 Å². The minimum Gasteiger partial charge on any atom is -0.489 e. The zero-order valence-electron chi connectivity index (χ0n) is 11.0. The quantitative estimate of drug-likeness (QED) is 0.763. The summed E-state index contributed by atoms with van der Waals surface area (Å²) in [5.41, 5.74) is 0. The van der Waals surface area contributed by atoms with Gasteiger partial charge in [0.2, 0.25) is 0 Å². The van der Waals surface area contributed by atoms with E-state index in [1.807, 2.05) is 4.90 Å². The number of benzene rings is 1. The fourth-order valence-electron chi connectivity index (χ4n) is 2.33. The molecule has 2 rings (SSSR count). The first-order valence-corrected chi connectivity index (χ1v) is 6.41. The normalized spacial score (nSPS) is 19.4. The SMILES string of the molecule is COC(=O)C1CCCN1CCOc1ccccc1F. The van der Waals surface area contributed by atoms with E-state index in [4.69, 9.17) is 9.47 Å². The van der Waals surface area contributed by atoms with Crippen LogP contribution < -0.4 is 4.74 Å². The van der Waals surface area contributed by atoms with Crippen LogP contribution in [-0.2, 0) is 9.53 Å². The van der Waals surface area contributed by atoms with E-state index in [0.717, 1.165) is 19.4 Å². The van der Waals surface area contributed by atoms with Gasteiger partial charge in [0.1, 0.15) is 12.6 Å². The number of carbonyl (C=O) groups excluding carboxylic acids is 1. The lowest BCUT2D eigenvalue weighted by molar-refractivity contribution is -0.145. The second-order valence-corrected chi connectivity index (χ2v) is 4.50. The number of halogens is 1. The van der Waals surface area contributed by atoms with Gasteiger partial charge in [0.15, 0.2) is 11.6 Å². The predicted molar refractivity (Wildman–Crippen MR) is 68.5 cm³/mol. The van der Waals surface area contributed by atoms with Gasteiger partial charge in [-0.15, -0.1) is 0 Å². The van der Waals surface area contributed by atoms with Crippen molar-refractivity contribution in [1.29, 1.82) is 0 Å². The van der Waals surface area contributed by atoms with Crippen LogP contribution in [-0.4, -0.2) is 43.7 Å². The monoisotopic (exact) mass is 267 g/mol. The van der Waals surface area contributed by atoms with Crippen LogP contribution in [0.1, 0.15) is 12.8 Å². The van der Waals surface area contributed by atoms with E-state index in [0.29, 0.717) is 13.2 Å². The van der Waals surface area contributed by atoms with Crippen LogP contribution in [0.2, 0.25) is 0 Å². The Bertz CT molecular complexity index is 438. The molecule has 0 radical (unpaired) electrons. The summed E-state index contributed by atoms with van der Waals surface area (Å²) in [4.78, 5) is 13.6. The molecule has 0 bridgehead atoms. The first-order chi connectivity index (χ1) is 9.22. The number of rotatable bonds is 5. The number of hydrogen-bond acceptors (Lipinski definition) is 4. The van der Waals surface area contributed by atoms with Gasteiger partial charge in [0.05, 0.1) is 7.11 Å². The van der Waals surface area contributed by atoms with Crippen molar-refractivity contribution in [3.05, 3.63) is 30.1 Å². The van der Waals surface area contributed by atoms with Gasteiger partial charge in [0, 0.05) is 6.54 Å². The van der Waals surface area contributed by atoms with E-state index in [1.165, 1.54) is 13.2 Å². The highest BCUT2D eigenvalue weighted by molar-refractivity contribution is 5.75. The van der Waals surface area contributed by atoms with Crippen LogP contribution in [0, 0.1) is 5.82 Å². The Hall–Kier alpha value is -1.62. The van der Waals surface area contributed by atoms with Crippen molar-refractivity contribution >= 4 is 5.97 Å². The highest BCUT2D eigenvalue weighted by atomic mass is 19.1. The third-order valence-electron chi connectivity index (χ3n) is 3.31. The van der Waals surface area contributed by atoms with Gasteiger partial charge in [-0.05, 0) is 31.5 Å². The Balaban J connectivity index is 1.82. The van der Waals surface area contributed by atoms with Gasteiger partial charge in [-0.25, -0.2) is 4.39 Å². The summed E-state index contributed by atoms with van der Waals surface area (Å²) in [6, 6.07) is 6.12. The number of methoxy groups -OCH3 is 1. The van der Waals surface area contributed by atoms with Crippen LogP contribution >= 0.6 is 0 Å². The average Bonchev–Trinajstić information content (AvgIpc) is 2.88. The van der Waals surface area contributed by atoms with Crippen molar-refractivity contribution < 1.29 is 18.7 Å². The molecule has 0 aliphatic carbocycles. The summed E-state index contributed by atoms with van der Waals surface area (Å²) in [7, 11) is 1.40. The molecule has 1 unspecified atom stereocenters. The van der Waals surface area contributed by atoms with Crippen molar-refractivity contribution in [2.75, 3.05) is 26.8 Å². The molecule has 104 valence electrons. The van der Waals surface area contributed by atoms with E-state index >= 15 is 0 Å². The highest BCUT2D eigenvalue weighted by Crippen LogP contribution is 2.19. The van der Waals surface area contributed by atoms with Gasteiger partial charge in [-0.1, -0.05) is 12.1 Å². The van der Waals surface area contributed by atoms with Crippen molar-refractivity contribution in [3.63, 3.8) is 0 Å². The minimum absolute atomic E-state index is 0.186. The summed E-state index contributed by atoms with van der Waals surface area (Å²) in [6.07, 6.45) is 1.78. The van der Waals surface area contributed by atoms with Crippen LogP contribution in [0.15, 0.2) is 24.3 Å². The molecule has 1 aliphatic heterocycles. The molecule has 5 heteroatoms. The summed E-state index contributed by atoms with van der Waals surface area (Å²) >= 11 is 0. The second kappa shape index (κ2) is 6.52. The Morgan fingerprint density at radius 2 is 2.26 bits per heavy atom. The lowest BCUT2D eigenvalue weighted by atomic mass is 10.2. The van der Waals surface area contributed by atoms with Crippen LogP contribution in [0.3, 0.4) is 0 Å². The largest absolute Gasteiger partial charge is 0.489 e. The maximum Gasteiger partial charge on any atom is 0.323 e. The lowest BCUT2D eigenvalue weighted by Crippen LogP contribution is -2.39. The third kappa shape index (κ3) is 3.44. The second-order valence-electron chi connectivity index (χ2n) is 4.50. The molecule has 0 saturated carbocycles. The van der Waals surface area contributed by atoms with Gasteiger partial charge in [-0.3, -0.25) is 9.69 Å². The summed E-state index contributed by atoms with van der Waals surface area (Å²) in [6.45, 7) is 1.79. The molecule has 1 aliphatic rings. The Morgan fingerprint density at radius 1 is 1.47 bits per heavy atom. The molecule has 1 fully saturated rings. The number of esters is 1. The minimum atomic E-state index is -0.367. The standard InChI is InChI=1S/C14H18FNO3/c1-18-14(17)12-6-4-8-16(12)9-10-19-13-7-3-2-5-11(13)15/h2-3,5,7,12H,4,6,8-10H2,1H3. The zero-order chi connectivity index (χ0) is 13.7. The molecule has 1 atom stereocenters. The molecular weight excluding hydrogens is 249 g/mol. The molecule has 19 heavy (non-hydrogen) atoms. The van der Waals surface area contributed by atoms with Crippen LogP contribution in [0.25, 0.3) is 0 Å². The average molecular weight is 267 g/mol. The highest BCUT2D eigenvalue weighted by Gasteiger charge is 2.31. The van der Waals surface area contributed by atoms with Crippen molar-refractivity contribution in [2.24, 2.45) is 0 Å². The lowest BCUT2D eigenvalue weighted by Gasteiger charge is -2.22. The fraction of sp³-hybridized carbons (Fsp3) is 0.500. The van der Waals surface area contributed by atoms with Gasteiger partial charge >= 0.3 is 5.97 Å². The Labute approximate surface area is 112 Å². The van der Waals surface area contributed by atoms with Gasteiger partial charge in [-0.2, -0.15) is 0 Å². The van der Waals surface area contributed by atoms with E-state index in [9.17, 15) is 9.18 Å². The number of carbonyl (C=O) groups is 1. The molecule has 0 spiro atoms. The molecular formula is C14H18FNO3. The zero-order valence-corrected chi connectivity index (χ0v) is 11.0. The van der Waals surface area contributed by atoms with E-state index in [2.05, 4.69) is 0 Å². The molecule has 4 nitrogen and oxygen atoms in total. The number of likely N-dealkylation sites (tertiary alicyclic amines) is 1. The molecule has 1 heterocycles. The van der Waals surface area contributed by atoms with Crippen LogP contribution in [0.5, 0.6) is 5.75 Å². The molecule has 0 N–H and O–H groups in total. The first kappa shape index (κ1) is 13.8. The summed E-state index contributed by atoms with van der Waals surface area (Å²) in [5, 5.41) is 0. The molecule has 1 saturated heterocycles. The topological polar surface area (TPSA) is 38.8 Å². The number of para-hydroxylation sites is 1.